The highest BCUT2D eigenvalue weighted by Crippen LogP contribution is 2.22. The Labute approximate surface area is 148 Å². The van der Waals surface area contributed by atoms with Crippen molar-refractivity contribution >= 4 is 17.4 Å². The Balaban J connectivity index is 1.57. The van der Waals surface area contributed by atoms with Crippen molar-refractivity contribution in [3.8, 4) is 0 Å². The molecule has 1 saturated heterocycles. The van der Waals surface area contributed by atoms with E-state index in [0.717, 1.165) is 24.3 Å². The summed E-state index contributed by atoms with van der Waals surface area (Å²) in [5, 5.41) is 15.2. The lowest BCUT2D eigenvalue weighted by Gasteiger charge is -2.28. The van der Waals surface area contributed by atoms with Gasteiger partial charge in [-0.2, -0.15) is 0 Å². The van der Waals surface area contributed by atoms with Gasteiger partial charge in [0, 0.05) is 24.5 Å². The zero-order chi connectivity index (χ0) is 17.5. The van der Waals surface area contributed by atoms with Crippen molar-refractivity contribution in [1.82, 2.24) is 5.32 Å². The predicted molar refractivity (Wildman–Crippen MR) is 101 cm³/mol. The molecular weight excluding hydrogens is 314 g/mol. The zero-order valence-corrected chi connectivity index (χ0v) is 14.3. The number of amides is 2. The van der Waals surface area contributed by atoms with Crippen LogP contribution in [0.3, 0.4) is 0 Å². The average Bonchev–Trinajstić information content (AvgIpc) is 2.68. The molecule has 1 unspecified atom stereocenters. The maximum atomic E-state index is 12.2. The lowest BCUT2D eigenvalue weighted by molar-refractivity contribution is 0.225. The van der Waals surface area contributed by atoms with Crippen molar-refractivity contribution in [2.24, 2.45) is 0 Å². The van der Waals surface area contributed by atoms with E-state index in [9.17, 15) is 9.90 Å². The number of aliphatic hydroxyl groups excluding tert-OH is 1. The quantitative estimate of drug-likeness (QED) is 0.781. The molecule has 0 aromatic heterocycles. The molecule has 1 aliphatic heterocycles. The molecule has 1 aliphatic rings. The van der Waals surface area contributed by atoms with E-state index in [2.05, 4.69) is 15.5 Å². The second kappa shape index (κ2) is 8.53. The number of hydrogen-bond acceptors (Lipinski definition) is 3. The molecule has 1 atom stereocenters. The number of hydrogen-bond donors (Lipinski definition) is 3. The van der Waals surface area contributed by atoms with Crippen LogP contribution in [0.15, 0.2) is 54.6 Å². The van der Waals surface area contributed by atoms with Gasteiger partial charge in [-0.3, -0.25) is 0 Å². The summed E-state index contributed by atoms with van der Waals surface area (Å²) in [6.07, 6.45) is 3.79. The number of anilines is 2. The fourth-order valence-electron chi connectivity index (χ4n) is 3.15. The van der Waals surface area contributed by atoms with E-state index < -0.39 is 6.04 Å². The van der Waals surface area contributed by atoms with Crippen molar-refractivity contribution < 1.29 is 9.90 Å². The fraction of sp³-hybridized carbons (Fsp3) is 0.350. The largest absolute Gasteiger partial charge is 0.394 e. The molecule has 0 bridgehead atoms. The van der Waals surface area contributed by atoms with Crippen LogP contribution < -0.4 is 15.5 Å². The highest BCUT2D eigenvalue weighted by Gasteiger charge is 2.14. The van der Waals surface area contributed by atoms with E-state index in [-0.39, 0.29) is 12.6 Å². The van der Waals surface area contributed by atoms with Gasteiger partial charge in [0.05, 0.1) is 12.6 Å². The number of carbonyl (C=O) groups excluding carboxylic acids is 1. The van der Waals surface area contributed by atoms with Gasteiger partial charge in [-0.1, -0.05) is 30.3 Å². The number of benzene rings is 2. The van der Waals surface area contributed by atoms with Crippen LogP contribution in [0, 0.1) is 0 Å². The molecular formula is C20H25N3O2. The molecule has 2 amide bonds. The molecule has 1 heterocycles. The van der Waals surface area contributed by atoms with Gasteiger partial charge >= 0.3 is 6.03 Å². The number of aliphatic hydroxyl groups is 1. The lowest BCUT2D eigenvalue weighted by atomic mass is 10.1. The Bertz CT molecular complexity index is 667. The summed E-state index contributed by atoms with van der Waals surface area (Å²) in [4.78, 5) is 14.6. The third kappa shape index (κ3) is 4.73. The maximum Gasteiger partial charge on any atom is 0.319 e. The summed E-state index contributed by atoms with van der Waals surface area (Å²) in [6, 6.07) is 16.6. The van der Waals surface area contributed by atoms with E-state index in [0.29, 0.717) is 0 Å². The molecule has 25 heavy (non-hydrogen) atoms. The van der Waals surface area contributed by atoms with E-state index in [1.54, 1.807) is 0 Å². The summed E-state index contributed by atoms with van der Waals surface area (Å²) in [7, 11) is 0. The lowest BCUT2D eigenvalue weighted by Crippen LogP contribution is -2.34. The smallest absolute Gasteiger partial charge is 0.319 e. The normalized spacial score (nSPS) is 15.5. The summed E-state index contributed by atoms with van der Waals surface area (Å²) in [5.41, 5.74) is 2.81. The number of carbonyl (C=O) groups is 1. The van der Waals surface area contributed by atoms with Gasteiger partial charge in [0.25, 0.3) is 0 Å². The molecule has 0 spiro atoms. The van der Waals surface area contributed by atoms with Gasteiger partial charge in [0.2, 0.25) is 0 Å². The van der Waals surface area contributed by atoms with Gasteiger partial charge < -0.3 is 20.6 Å². The zero-order valence-electron chi connectivity index (χ0n) is 14.3. The molecule has 0 aliphatic carbocycles. The SMILES string of the molecule is O=C(Nc1ccc(N2CCCCC2)cc1)NC(CO)c1ccccc1. The van der Waals surface area contributed by atoms with Gasteiger partial charge in [0.1, 0.15) is 0 Å². The van der Waals surface area contributed by atoms with Gasteiger partial charge in [-0.15, -0.1) is 0 Å². The molecule has 132 valence electrons. The first kappa shape index (κ1) is 17.3. The number of nitrogens with one attached hydrogen (secondary N) is 2. The van der Waals surface area contributed by atoms with Crippen molar-refractivity contribution in [2.45, 2.75) is 25.3 Å². The van der Waals surface area contributed by atoms with E-state index in [1.165, 1.54) is 24.9 Å². The van der Waals surface area contributed by atoms with E-state index >= 15 is 0 Å². The standard InChI is InChI=1S/C20H25N3O2/c24-15-19(16-7-3-1-4-8-16)22-20(25)21-17-9-11-18(12-10-17)23-13-5-2-6-14-23/h1,3-4,7-12,19,24H,2,5-6,13-15H2,(H2,21,22,25). The number of urea groups is 1. The molecule has 5 heteroatoms. The average molecular weight is 339 g/mol. The number of rotatable bonds is 5. The first-order valence-corrected chi connectivity index (χ1v) is 8.84. The second-order valence-corrected chi connectivity index (χ2v) is 6.34. The highest BCUT2D eigenvalue weighted by atomic mass is 16.3. The van der Waals surface area contributed by atoms with E-state index in [4.69, 9.17) is 0 Å². The summed E-state index contributed by atoms with van der Waals surface area (Å²) < 4.78 is 0. The van der Waals surface area contributed by atoms with E-state index in [1.807, 2.05) is 54.6 Å². The Kier molecular flexibility index (Phi) is 5.90. The Morgan fingerprint density at radius 2 is 1.68 bits per heavy atom. The summed E-state index contributed by atoms with van der Waals surface area (Å²) in [6.45, 7) is 2.05. The van der Waals surface area contributed by atoms with Crippen molar-refractivity contribution in [3.63, 3.8) is 0 Å². The number of nitrogens with zero attached hydrogens (tertiary/aromatic N) is 1. The van der Waals surface area contributed by atoms with Crippen molar-refractivity contribution in [3.05, 3.63) is 60.2 Å². The molecule has 2 aromatic carbocycles. The maximum absolute atomic E-state index is 12.2. The van der Waals surface area contributed by atoms with Crippen LogP contribution in [-0.4, -0.2) is 30.8 Å². The molecule has 0 saturated carbocycles. The molecule has 3 N–H and O–H groups in total. The minimum atomic E-state index is -0.422. The molecule has 1 fully saturated rings. The van der Waals surface area contributed by atoms with Crippen LogP contribution in [0.5, 0.6) is 0 Å². The van der Waals surface area contributed by atoms with Crippen LogP contribution in [-0.2, 0) is 0 Å². The van der Waals surface area contributed by atoms with Gasteiger partial charge in [-0.25, -0.2) is 4.79 Å². The predicted octanol–water partition coefficient (Wildman–Crippen LogP) is 3.53. The minimum absolute atomic E-state index is 0.147. The Morgan fingerprint density at radius 3 is 2.32 bits per heavy atom. The third-order valence-electron chi connectivity index (χ3n) is 4.54. The minimum Gasteiger partial charge on any atom is -0.394 e. The van der Waals surface area contributed by atoms with Gasteiger partial charge in [-0.05, 0) is 49.1 Å². The number of piperidine rings is 1. The van der Waals surface area contributed by atoms with Gasteiger partial charge in [0.15, 0.2) is 0 Å². The first-order valence-electron chi connectivity index (χ1n) is 8.84. The first-order chi connectivity index (χ1) is 12.3. The molecule has 0 radical (unpaired) electrons. The third-order valence-corrected chi connectivity index (χ3v) is 4.54. The van der Waals surface area contributed by atoms with Crippen molar-refractivity contribution in [1.29, 1.82) is 0 Å². The Morgan fingerprint density at radius 1 is 1.00 bits per heavy atom. The fourth-order valence-corrected chi connectivity index (χ4v) is 3.15. The molecule has 2 aromatic rings. The highest BCUT2D eigenvalue weighted by molar-refractivity contribution is 5.89. The van der Waals surface area contributed by atoms with Crippen molar-refractivity contribution in [2.75, 3.05) is 29.9 Å². The summed E-state index contributed by atoms with van der Waals surface area (Å²) in [5.74, 6) is 0. The molecule has 3 rings (SSSR count). The van der Waals surface area contributed by atoms with Crippen LogP contribution in [0.1, 0.15) is 30.9 Å². The topological polar surface area (TPSA) is 64.6 Å². The monoisotopic (exact) mass is 339 g/mol. The van der Waals surface area contributed by atoms with Crippen LogP contribution in [0.25, 0.3) is 0 Å². The Hall–Kier alpha value is -2.53. The second-order valence-electron chi connectivity index (χ2n) is 6.34. The van der Waals surface area contributed by atoms with Crippen LogP contribution in [0.2, 0.25) is 0 Å². The molecule has 5 nitrogen and oxygen atoms in total. The van der Waals surface area contributed by atoms with Crippen LogP contribution in [0.4, 0.5) is 16.2 Å². The van der Waals surface area contributed by atoms with Crippen LogP contribution >= 0.6 is 0 Å². The summed E-state index contributed by atoms with van der Waals surface area (Å²) >= 11 is 0.